The van der Waals surface area contributed by atoms with Crippen LogP contribution >= 0.6 is 0 Å². The van der Waals surface area contributed by atoms with E-state index in [2.05, 4.69) is 10.9 Å². The first-order valence-corrected chi connectivity index (χ1v) is 8.47. The molecule has 0 spiro atoms. The first-order valence-electron chi connectivity index (χ1n) is 7.03. The van der Waals surface area contributed by atoms with Crippen LogP contribution < -0.4 is 15.6 Å². The summed E-state index contributed by atoms with van der Waals surface area (Å²) in [5, 5.41) is 0. The van der Waals surface area contributed by atoms with Gasteiger partial charge in [0.05, 0.1) is 7.11 Å². The van der Waals surface area contributed by atoms with Gasteiger partial charge in [0.2, 0.25) is 15.9 Å². The quantitative estimate of drug-likeness (QED) is 0.732. The van der Waals surface area contributed by atoms with Crippen LogP contribution in [0.1, 0.15) is 31.1 Å². The van der Waals surface area contributed by atoms with Gasteiger partial charge in [0.25, 0.3) is 5.91 Å². The third kappa shape index (κ3) is 4.42. The van der Waals surface area contributed by atoms with Gasteiger partial charge in [0.1, 0.15) is 10.6 Å². The molecule has 0 saturated heterocycles. The number of nitrogens with zero attached hydrogens (tertiary/aromatic N) is 1. The van der Waals surface area contributed by atoms with Crippen molar-refractivity contribution >= 4 is 21.8 Å². The van der Waals surface area contributed by atoms with Gasteiger partial charge in [-0.2, -0.15) is 4.31 Å². The van der Waals surface area contributed by atoms with E-state index in [4.69, 9.17) is 4.74 Å². The van der Waals surface area contributed by atoms with E-state index >= 15 is 0 Å². The second kappa shape index (κ2) is 7.93. The number of amides is 2. The van der Waals surface area contributed by atoms with Crippen molar-refractivity contribution in [3.8, 4) is 5.75 Å². The SMILES string of the molecule is CCN(CC)S(=O)(=O)c1cc(C(=O)NNC(C)=O)ccc1OC. The molecule has 128 valence electrons. The van der Waals surface area contributed by atoms with Gasteiger partial charge in [-0.3, -0.25) is 20.4 Å². The highest BCUT2D eigenvalue weighted by Gasteiger charge is 2.26. The number of hydrogen-bond acceptors (Lipinski definition) is 5. The summed E-state index contributed by atoms with van der Waals surface area (Å²) in [6, 6.07) is 4.04. The van der Waals surface area contributed by atoms with Crippen molar-refractivity contribution in [1.29, 1.82) is 0 Å². The lowest BCUT2D eigenvalue weighted by Gasteiger charge is -2.20. The van der Waals surface area contributed by atoms with E-state index in [0.717, 1.165) is 0 Å². The molecule has 2 amide bonds. The number of rotatable bonds is 6. The van der Waals surface area contributed by atoms with E-state index in [1.165, 1.54) is 36.5 Å². The van der Waals surface area contributed by atoms with E-state index in [1.54, 1.807) is 13.8 Å². The van der Waals surface area contributed by atoms with Gasteiger partial charge in [0, 0.05) is 25.6 Å². The van der Waals surface area contributed by atoms with Crippen molar-refractivity contribution in [1.82, 2.24) is 15.2 Å². The van der Waals surface area contributed by atoms with E-state index in [0.29, 0.717) is 13.1 Å². The van der Waals surface area contributed by atoms with Crippen LogP contribution in [0.25, 0.3) is 0 Å². The number of benzene rings is 1. The van der Waals surface area contributed by atoms with Crippen molar-refractivity contribution in [2.75, 3.05) is 20.2 Å². The molecule has 2 N–H and O–H groups in total. The molecule has 0 aromatic heterocycles. The molecule has 0 fully saturated rings. The maximum absolute atomic E-state index is 12.7. The molecule has 0 bridgehead atoms. The average Bonchev–Trinajstić information content (AvgIpc) is 2.52. The topological polar surface area (TPSA) is 105 Å². The highest BCUT2D eigenvalue weighted by atomic mass is 32.2. The Kier molecular flexibility index (Phi) is 6.52. The van der Waals surface area contributed by atoms with Crippen molar-refractivity contribution < 1.29 is 22.7 Å². The van der Waals surface area contributed by atoms with Crippen molar-refractivity contribution in [2.24, 2.45) is 0 Å². The molecule has 0 radical (unpaired) electrons. The lowest BCUT2D eigenvalue weighted by atomic mass is 10.2. The first kappa shape index (κ1) is 18.9. The second-order valence-corrected chi connectivity index (χ2v) is 6.50. The van der Waals surface area contributed by atoms with Gasteiger partial charge in [-0.05, 0) is 18.2 Å². The summed E-state index contributed by atoms with van der Waals surface area (Å²) in [6.45, 7) is 5.28. The molecule has 23 heavy (non-hydrogen) atoms. The third-order valence-corrected chi connectivity index (χ3v) is 5.17. The Morgan fingerprint density at radius 2 is 1.78 bits per heavy atom. The highest BCUT2D eigenvalue weighted by Crippen LogP contribution is 2.27. The van der Waals surface area contributed by atoms with Gasteiger partial charge < -0.3 is 4.74 Å². The van der Waals surface area contributed by atoms with Crippen molar-refractivity contribution in [2.45, 2.75) is 25.7 Å². The zero-order valence-electron chi connectivity index (χ0n) is 13.5. The summed E-state index contributed by atoms with van der Waals surface area (Å²) in [4.78, 5) is 22.7. The standard InChI is InChI=1S/C14H21N3O5S/c1-5-17(6-2)23(20,21)13-9-11(7-8-12(13)22-4)14(19)16-15-10(3)18/h7-9H,5-6H2,1-4H3,(H,15,18)(H,16,19). The molecular weight excluding hydrogens is 322 g/mol. The number of hydrogen-bond donors (Lipinski definition) is 2. The minimum absolute atomic E-state index is 0.0882. The molecule has 0 saturated carbocycles. The number of ether oxygens (including phenoxy) is 1. The average molecular weight is 343 g/mol. The maximum Gasteiger partial charge on any atom is 0.269 e. The summed E-state index contributed by atoms with van der Waals surface area (Å²) in [5.74, 6) is -0.922. The summed E-state index contributed by atoms with van der Waals surface area (Å²) in [7, 11) is -2.44. The highest BCUT2D eigenvalue weighted by molar-refractivity contribution is 7.89. The number of hydrazine groups is 1. The first-order chi connectivity index (χ1) is 10.8. The van der Waals surface area contributed by atoms with Gasteiger partial charge in [-0.25, -0.2) is 8.42 Å². The molecule has 0 aliphatic heterocycles. The Hall–Kier alpha value is -2.13. The van der Waals surface area contributed by atoms with Crippen LogP contribution in [-0.4, -0.2) is 44.7 Å². The number of methoxy groups -OCH3 is 1. The summed E-state index contributed by atoms with van der Waals surface area (Å²) >= 11 is 0. The van der Waals surface area contributed by atoms with E-state index in [-0.39, 0.29) is 16.2 Å². The lowest BCUT2D eigenvalue weighted by molar-refractivity contribution is -0.119. The zero-order valence-corrected chi connectivity index (χ0v) is 14.4. The van der Waals surface area contributed by atoms with Crippen molar-refractivity contribution in [3.05, 3.63) is 23.8 Å². The van der Waals surface area contributed by atoms with Gasteiger partial charge in [-0.15, -0.1) is 0 Å². The summed E-state index contributed by atoms with van der Waals surface area (Å²) in [5.41, 5.74) is 4.42. The predicted molar refractivity (Wildman–Crippen MR) is 84.4 cm³/mol. The smallest absolute Gasteiger partial charge is 0.269 e. The molecule has 9 heteroatoms. The van der Waals surface area contributed by atoms with Gasteiger partial charge >= 0.3 is 0 Å². The van der Waals surface area contributed by atoms with Crippen LogP contribution in [0.3, 0.4) is 0 Å². The molecule has 0 heterocycles. The third-order valence-electron chi connectivity index (χ3n) is 3.10. The molecule has 1 aromatic carbocycles. The van der Waals surface area contributed by atoms with Gasteiger partial charge in [0.15, 0.2) is 0 Å². The van der Waals surface area contributed by atoms with Crippen LogP contribution in [0.5, 0.6) is 5.75 Å². The maximum atomic E-state index is 12.7. The van der Waals surface area contributed by atoms with E-state index in [9.17, 15) is 18.0 Å². The van der Waals surface area contributed by atoms with Crippen LogP contribution in [0.15, 0.2) is 23.1 Å². The molecular formula is C14H21N3O5S. The number of nitrogens with one attached hydrogen (secondary N) is 2. The second-order valence-electron chi connectivity index (χ2n) is 4.59. The van der Waals surface area contributed by atoms with Gasteiger partial charge in [-0.1, -0.05) is 13.8 Å². The fourth-order valence-corrected chi connectivity index (χ4v) is 3.58. The molecule has 0 aliphatic carbocycles. The number of carbonyl (C=O) groups excluding carboxylic acids is 2. The Morgan fingerprint density at radius 3 is 2.26 bits per heavy atom. The fraction of sp³-hybridized carbons (Fsp3) is 0.429. The number of carbonyl (C=O) groups is 2. The lowest BCUT2D eigenvalue weighted by Crippen LogP contribution is -2.40. The molecule has 0 aliphatic rings. The normalized spacial score (nSPS) is 11.2. The molecule has 0 atom stereocenters. The monoisotopic (exact) mass is 343 g/mol. The molecule has 0 unspecified atom stereocenters. The molecule has 1 rings (SSSR count). The molecule has 1 aromatic rings. The van der Waals surface area contributed by atoms with E-state index in [1.807, 2.05) is 0 Å². The Bertz CT molecular complexity index is 684. The van der Waals surface area contributed by atoms with Crippen LogP contribution in [0.2, 0.25) is 0 Å². The largest absolute Gasteiger partial charge is 0.495 e. The minimum Gasteiger partial charge on any atom is -0.495 e. The summed E-state index contributed by atoms with van der Waals surface area (Å²) in [6.07, 6.45) is 0. The van der Waals surface area contributed by atoms with Crippen LogP contribution in [0.4, 0.5) is 0 Å². The Balaban J connectivity index is 3.28. The summed E-state index contributed by atoms with van der Waals surface area (Å²) < 4.78 is 31.7. The zero-order chi connectivity index (χ0) is 17.6. The Labute approximate surface area is 135 Å². The van der Waals surface area contributed by atoms with Crippen molar-refractivity contribution in [3.63, 3.8) is 0 Å². The number of sulfonamides is 1. The van der Waals surface area contributed by atoms with E-state index < -0.39 is 21.8 Å². The predicted octanol–water partition coefficient (Wildman–Crippen LogP) is 0.507. The van der Waals surface area contributed by atoms with Crippen LogP contribution in [-0.2, 0) is 14.8 Å². The minimum atomic E-state index is -3.79. The fourth-order valence-electron chi connectivity index (χ4n) is 1.94. The molecule has 8 nitrogen and oxygen atoms in total. The van der Waals surface area contributed by atoms with Crippen LogP contribution in [0, 0.1) is 0 Å². The Morgan fingerprint density at radius 1 is 1.17 bits per heavy atom.